The van der Waals surface area contributed by atoms with Crippen LogP contribution >= 0.6 is 15.9 Å². The largest absolute Gasteiger partial charge is 0.465 e. The normalized spacial score (nSPS) is 31.2. The molecule has 0 spiro atoms. The standard InChI is InChI=1S/C29H29BrN2O7/c1-4-36-27(35)24-22-21(25(33)32(26(22)34)18-12-10-17(30)11-13-18)23(31(24)15-16-8-6-5-7-9-16)19-14-20-28(37-19)39-29(2,3)38-20/h5-14,20-24,28H,4,15H2,1-3H3/t20-,21+,22-,23-,24+,28-/m1/s1. The SMILES string of the molecule is CCOC(=O)[C@@H]1[C@@H]2C(=O)N(c3ccc(Br)cc3)C(=O)[C@@H]2[C@@H](C2=C[C@H]3OC(C)(C)O[C@H]3O2)N1Cc1ccccc1. The molecule has 39 heavy (non-hydrogen) atoms. The summed E-state index contributed by atoms with van der Waals surface area (Å²) < 4.78 is 24.4. The molecule has 0 radical (unpaired) electrons. The van der Waals surface area contributed by atoms with Gasteiger partial charge in [0.25, 0.3) is 0 Å². The molecule has 0 bridgehead atoms. The summed E-state index contributed by atoms with van der Waals surface area (Å²) in [5.74, 6) is -3.53. The zero-order chi connectivity index (χ0) is 27.5. The molecule has 0 unspecified atom stereocenters. The molecule has 6 atom stereocenters. The summed E-state index contributed by atoms with van der Waals surface area (Å²) >= 11 is 3.40. The van der Waals surface area contributed by atoms with E-state index in [2.05, 4.69) is 15.9 Å². The molecule has 4 aliphatic rings. The molecule has 4 aliphatic heterocycles. The molecule has 10 heteroatoms. The molecule has 9 nitrogen and oxygen atoms in total. The van der Waals surface area contributed by atoms with Crippen LogP contribution in [0.5, 0.6) is 0 Å². The van der Waals surface area contributed by atoms with Gasteiger partial charge in [-0.25, -0.2) is 4.90 Å². The molecule has 2 aromatic rings. The number of benzene rings is 2. The van der Waals surface area contributed by atoms with Gasteiger partial charge in [0.2, 0.25) is 18.1 Å². The summed E-state index contributed by atoms with van der Waals surface area (Å²) in [4.78, 5) is 44.7. The Bertz CT molecular complexity index is 1330. The summed E-state index contributed by atoms with van der Waals surface area (Å²) in [6.07, 6.45) is 0.666. The van der Waals surface area contributed by atoms with Crippen molar-refractivity contribution in [3.63, 3.8) is 0 Å². The number of likely N-dealkylation sites (tertiary alicyclic amines) is 1. The average Bonchev–Trinajstić information content (AvgIpc) is 3.57. The number of nitrogens with zero attached hydrogens (tertiary/aromatic N) is 2. The van der Waals surface area contributed by atoms with E-state index in [0.717, 1.165) is 10.0 Å². The highest BCUT2D eigenvalue weighted by atomic mass is 79.9. The molecular formula is C29H29BrN2O7. The summed E-state index contributed by atoms with van der Waals surface area (Å²) in [7, 11) is 0. The number of hydrogen-bond acceptors (Lipinski definition) is 8. The van der Waals surface area contributed by atoms with Crippen molar-refractivity contribution in [2.75, 3.05) is 11.5 Å². The lowest BCUT2D eigenvalue weighted by Gasteiger charge is -2.33. The number of amides is 2. The molecule has 4 heterocycles. The first-order valence-corrected chi connectivity index (χ1v) is 13.8. The van der Waals surface area contributed by atoms with Gasteiger partial charge in [-0.2, -0.15) is 0 Å². The van der Waals surface area contributed by atoms with Crippen LogP contribution < -0.4 is 4.90 Å². The Morgan fingerprint density at radius 2 is 1.69 bits per heavy atom. The number of carbonyl (C=O) groups excluding carboxylic acids is 3. The third-order valence-corrected chi connectivity index (χ3v) is 8.10. The van der Waals surface area contributed by atoms with Crippen LogP contribution in [0, 0.1) is 11.8 Å². The number of carbonyl (C=O) groups is 3. The zero-order valence-corrected chi connectivity index (χ0v) is 23.4. The second-order valence-corrected chi connectivity index (χ2v) is 11.4. The van der Waals surface area contributed by atoms with E-state index in [0.29, 0.717) is 18.0 Å². The minimum Gasteiger partial charge on any atom is -0.465 e. The molecule has 204 valence electrons. The lowest BCUT2D eigenvalue weighted by Crippen LogP contribution is -2.49. The van der Waals surface area contributed by atoms with Crippen LogP contribution in [-0.4, -0.2) is 59.6 Å². The monoisotopic (exact) mass is 596 g/mol. The molecule has 2 aromatic carbocycles. The van der Waals surface area contributed by atoms with Crippen LogP contribution in [0.3, 0.4) is 0 Å². The molecular weight excluding hydrogens is 568 g/mol. The van der Waals surface area contributed by atoms with E-state index in [1.165, 1.54) is 4.90 Å². The Morgan fingerprint density at radius 1 is 1.00 bits per heavy atom. The lowest BCUT2D eigenvalue weighted by atomic mass is 9.88. The first kappa shape index (κ1) is 26.2. The Kier molecular flexibility index (Phi) is 6.61. The zero-order valence-electron chi connectivity index (χ0n) is 21.8. The van der Waals surface area contributed by atoms with Crippen molar-refractivity contribution in [3.8, 4) is 0 Å². The Morgan fingerprint density at radius 3 is 2.36 bits per heavy atom. The van der Waals surface area contributed by atoms with Crippen molar-refractivity contribution in [2.45, 2.75) is 57.6 Å². The minimum atomic E-state index is -0.986. The highest BCUT2D eigenvalue weighted by Crippen LogP contribution is 2.49. The quantitative estimate of drug-likeness (QED) is 0.367. The van der Waals surface area contributed by atoms with Crippen LogP contribution in [0.15, 0.2) is 70.9 Å². The predicted molar refractivity (Wildman–Crippen MR) is 143 cm³/mol. The van der Waals surface area contributed by atoms with Crippen LogP contribution in [0.1, 0.15) is 26.3 Å². The van der Waals surface area contributed by atoms with E-state index in [1.54, 1.807) is 31.2 Å². The fourth-order valence-corrected chi connectivity index (χ4v) is 6.38. The predicted octanol–water partition coefficient (Wildman–Crippen LogP) is 3.76. The van der Waals surface area contributed by atoms with Gasteiger partial charge in [0, 0.05) is 11.0 Å². The molecule has 2 amide bonds. The van der Waals surface area contributed by atoms with Crippen LogP contribution in [-0.2, 0) is 39.9 Å². The van der Waals surface area contributed by atoms with Crippen molar-refractivity contribution >= 4 is 39.4 Å². The Hall–Kier alpha value is -3.05. The average molecular weight is 597 g/mol. The van der Waals surface area contributed by atoms with Gasteiger partial charge in [-0.15, -0.1) is 0 Å². The van der Waals surface area contributed by atoms with Crippen molar-refractivity contribution in [2.24, 2.45) is 11.8 Å². The van der Waals surface area contributed by atoms with Gasteiger partial charge in [-0.1, -0.05) is 46.3 Å². The van der Waals surface area contributed by atoms with E-state index in [4.69, 9.17) is 18.9 Å². The summed E-state index contributed by atoms with van der Waals surface area (Å²) in [6, 6.07) is 14.9. The van der Waals surface area contributed by atoms with Gasteiger partial charge < -0.3 is 18.9 Å². The number of rotatable bonds is 6. The maximum Gasteiger partial charge on any atom is 0.324 e. The fourth-order valence-electron chi connectivity index (χ4n) is 6.11. The molecule has 0 aromatic heterocycles. The van der Waals surface area contributed by atoms with Gasteiger partial charge in [-0.05, 0) is 56.7 Å². The highest BCUT2D eigenvalue weighted by molar-refractivity contribution is 9.10. The Labute approximate surface area is 234 Å². The number of anilines is 1. The van der Waals surface area contributed by atoms with E-state index >= 15 is 0 Å². The topological polar surface area (TPSA) is 94.6 Å². The van der Waals surface area contributed by atoms with Crippen LogP contribution in [0.25, 0.3) is 0 Å². The van der Waals surface area contributed by atoms with Crippen molar-refractivity contribution in [1.82, 2.24) is 4.90 Å². The molecule has 3 saturated heterocycles. The minimum absolute atomic E-state index is 0.148. The highest BCUT2D eigenvalue weighted by Gasteiger charge is 2.66. The van der Waals surface area contributed by atoms with Gasteiger partial charge in [0.05, 0.1) is 30.2 Å². The van der Waals surface area contributed by atoms with E-state index < -0.39 is 54.0 Å². The molecule has 3 fully saturated rings. The van der Waals surface area contributed by atoms with Crippen molar-refractivity contribution < 1.29 is 33.3 Å². The maximum absolute atomic E-state index is 14.1. The first-order chi connectivity index (χ1) is 18.7. The van der Waals surface area contributed by atoms with Gasteiger partial charge >= 0.3 is 5.97 Å². The third kappa shape index (κ3) is 4.49. The number of imide groups is 1. The second kappa shape index (κ2) is 9.85. The number of hydrogen-bond donors (Lipinski definition) is 0. The lowest BCUT2D eigenvalue weighted by molar-refractivity contribution is -0.184. The number of fused-ring (bicyclic) bond motifs is 2. The van der Waals surface area contributed by atoms with Gasteiger partial charge in [-0.3, -0.25) is 19.3 Å². The third-order valence-electron chi connectivity index (χ3n) is 7.57. The second-order valence-electron chi connectivity index (χ2n) is 10.5. The van der Waals surface area contributed by atoms with E-state index in [1.807, 2.05) is 55.2 Å². The van der Waals surface area contributed by atoms with Crippen LogP contribution in [0.4, 0.5) is 5.69 Å². The van der Waals surface area contributed by atoms with E-state index in [-0.39, 0.29) is 12.5 Å². The number of ether oxygens (including phenoxy) is 4. The van der Waals surface area contributed by atoms with Gasteiger partial charge in [0.15, 0.2) is 5.79 Å². The maximum atomic E-state index is 14.1. The molecule has 0 N–H and O–H groups in total. The molecule has 6 rings (SSSR count). The number of esters is 1. The summed E-state index contributed by atoms with van der Waals surface area (Å²) in [5, 5.41) is 0. The molecule has 0 aliphatic carbocycles. The fraction of sp³-hybridized carbons (Fsp3) is 0.414. The van der Waals surface area contributed by atoms with Gasteiger partial charge in [0.1, 0.15) is 17.9 Å². The van der Waals surface area contributed by atoms with E-state index in [9.17, 15) is 14.4 Å². The Balaban J connectivity index is 1.44. The van der Waals surface area contributed by atoms with Crippen molar-refractivity contribution in [1.29, 1.82) is 0 Å². The first-order valence-electron chi connectivity index (χ1n) is 13.0. The summed E-state index contributed by atoms with van der Waals surface area (Å²) in [5.41, 5.74) is 1.37. The summed E-state index contributed by atoms with van der Waals surface area (Å²) in [6.45, 7) is 5.79. The van der Waals surface area contributed by atoms with Crippen LogP contribution in [0.2, 0.25) is 0 Å². The van der Waals surface area contributed by atoms with Crippen molar-refractivity contribution in [3.05, 3.63) is 76.5 Å². The smallest absolute Gasteiger partial charge is 0.324 e. The molecule has 0 saturated carbocycles. The number of halogens is 1.